The number of likely N-dealkylation sites (N-methyl/N-ethyl adjacent to an activating group) is 1. The van der Waals surface area contributed by atoms with Gasteiger partial charge in [0.1, 0.15) is 12.6 Å². The van der Waals surface area contributed by atoms with Crippen molar-refractivity contribution in [2.24, 2.45) is 0 Å². The average molecular weight is 356 g/mol. The molecule has 0 saturated heterocycles. The molecule has 136 valence electrons. The molecule has 2 heterocycles. The molecular weight excluding hydrogens is 336 g/mol. The molecule has 0 spiro atoms. The first kappa shape index (κ1) is 17.7. The number of amides is 2. The smallest absolute Gasteiger partial charge is 0.323 e. The number of carbonyl (C=O) groups excluding carboxylic acids is 2. The van der Waals surface area contributed by atoms with Crippen molar-refractivity contribution in [1.82, 2.24) is 9.80 Å². The molecule has 2 amide bonds. The summed E-state index contributed by atoms with van der Waals surface area (Å²) in [4.78, 5) is 39.6. The summed E-state index contributed by atoms with van der Waals surface area (Å²) in [6, 6.07) is 10.0. The summed E-state index contributed by atoms with van der Waals surface area (Å²) in [5.41, 5.74) is 1.96. The number of carbonyl (C=O) groups is 3. The third kappa shape index (κ3) is 3.46. The number of rotatable bonds is 5. The molecule has 26 heavy (non-hydrogen) atoms. The van der Waals surface area contributed by atoms with Crippen LogP contribution in [-0.4, -0.2) is 51.8 Å². The Morgan fingerprint density at radius 2 is 1.92 bits per heavy atom. The van der Waals surface area contributed by atoms with Crippen LogP contribution in [0.1, 0.15) is 28.6 Å². The fourth-order valence-electron chi connectivity index (χ4n) is 3.22. The first-order valence-corrected chi connectivity index (χ1v) is 8.43. The number of carboxylic acid groups (broad SMARTS) is 1. The number of nitrogens with zero attached hydrogens (tertiary/aromatic N) is 2. The molecule has 0 bridgehead atoms. The highest BCUT2D eigenvalue weighted by Crippen LogP contribution is 2.26. The first-order valence-electron chi connectivity index (χ1n) is 8.43. The number of fused-ring (bicyclic) bond motifs is 1. The fourth-order valence-corrected chi connectivity index (χ4v) is 3.22. The Morgan fingerprint density at radius 1 is 1.19 bits per heavy atom. The number of aliphatic carboxylic acids is 1. The van der Waals surface area contributed by atoms with Gasteiger partial charge >= 0.3 is 5.97 Å². The first-order chi connectivity index (χ1) is 12.5. The molecule has 0 fully saturated rings. The van der Waals surface area contributed by atoms with Gasteiger partial charge in [0.25, 0.3) is 5.91 Å². The van der Waals surface area contributed by atoms with Gasteiger partial charge in [-0.1, -0.05) is 24.3 Å². The number of hydrogen-bond donors (Lipinski definition) is 1. The lowest BCUT2D eigenvalue weighted by Gasteiger charge is -2.37. The monoisotopic (exact) mass is 356 g/mol. The number of furan rings is 1. The largest absolute Gasteiger partial charge is 0.480 e. The summed E-state index contributed by atoms with van der Waals surface area (Å²) in [7, 11) is 0. The van der Waals surface area contributed by atoms with Gasteiger partial charge in [0.15, 0.2) is 5.76 Å². The van der Waals surface area contributed by atoms with E-state index in [1.54, 1.807) is 19.1 Å². The van der Waals surface area contributed by atoms with Crippen molar-refractivity contribution in [2.75, 3.05) is 13.1 Å². The van der Waals surface area contributed by atoms with E-state index < -0.39 is 18.6 Å². The lowest BCUT2D eigenvalue weighted by Crippen LogP contribution is -2.54. The average Bonchev–Trinajstić information content (AvgIpc) is 3.18. The molecule has 0 radical (unpaired) electrons. The Labute approximate surface area is 150 Å². The summed E-state index contributed by atoms with van der Waals surface area (Å²) in [5, 5.41) is 9.06. The van der Waals surface area contributed by atoms with E-state index in [9.17, 15) is 14.4 Å². The molecule has 3 rings (SSSR count). The quantitative estimate of drug-likeness (QED) is 0.882. The molecule has 1 aliphatic rings. The Kier molecular flexibility index (Phi) is 5.06. The van der Waals surface area contributed by atoms with Gasteiger partial charge in [-0.25, -0.2) is 0 Å². The summed E-state index contributed by atoms with van der Waals surface area (Å²) in [6.07, 6.45) is 1.75. The second-order valence-corrected chi connectivity index (χ2v) is 6.15. The molecule has 1 atom stereocenters. The predicted octanol–water partition coefficient (Wildman–Crippen LogP) is 1.78. The van der Waals surface area contributed by atoms with Gasteiger partial charge in [-0.3, -0.25) is 14.4 Å². The van der Waals surface area contributed by atoms with Gasteiger partial charge in [-0.2, -0.15) is 0 Å². The lowest BCUT2D eigenvalue weighted by atomic mass is 9.93. The Balaban J connectivity index is 1.94. The van der Waals surface area contributed by atoms with Gasteiger partial charge in [0.2, 0.25) is 5.91 Å². The third-order valence-corrected chi connectivity index (χ3v) is 4.55. The Hall–Kier alpha value is -3.09. The SMILES string of the molecule is CCN(CC(=O)O)C(=O)C1Cc2ccccc2CN1C(=O)c1ccco1. The maximum absolute atomic E-state index is 13.0. The van der Waals surface area contributed by atoms with E-state index in [0.29, 0.717) is 6.42 Å². The zero-order valence-electron chi connectivity index (χ0n) is 14.4. The van der Waals surface area contributed by atoms with Crippen LogP contribution in [0.25, 0.3) is 0 Å². The molecule has 7 nitrogen and oxygen atoms in total. The van der Waals surface area contributed by atoms with E-state index in [4.69, 9.17) is 9.52 Å². The predicted molar refractivity (Wildman–Crippen MR) is 92.4 cm³/mol. The Bertz CT molecular complexity index is 815. The highest BCUT2D eigenvalue weighted by atomic mass is 16.4. The van der Waals surface area contributed by atoms with E-state index in [-0.39, 0.29) is 30.7 Å². The normalized spacial score (nSPS) is 16.0. The van der Waals surface area contributed by atoms with Crippen LogP contribution in [0.3, 0.4) is 0 Å². The number of benzene rings is 1. The van der Waals surface area contributed by atoms with Crippen molar-refractivity contribution in [3.63, 3.8) is 0 Å². The minimum atomic E-state index is -1.08. The molecule has 0 saturated carbocycles. The minimum absolute atomic E-state index is 0.156. The molecule has 0 aliphatic carbocycles. The maximum atomic E-state index is 13.0. The van der Waals surface area contributed by atoms with E-state index in [0.717, 1.165) is 11.1 Å². The number of carboxylic acids is 1. The maximum Gasteiger partial charge on any atom is 0.323 e. The zero-order valence-corrected chi connectivity index (χ0v) is 14.4. The van der Waals surface area contributed by atoms with Crippen LogP contribution in [0, 0.1) is 0 Å². The van der Waals surface area contributed by atoms with Gasteiger partial charge in [0, 0.05) is 19.5 Å². The van der Waals surface area contributed by atoms with Gasteiger partial charge in [-0.15, -0.1) is 0 Å². The summed E-state index contributed by atoms with van der Waals surface area (Å²) < 4.78 is 5.21. The van der Waals surface area contributed by atoms with Gasteiger partial charge in [-0.05, 0) is 30.2 Å². The second-order valence-electron chi connectivity index (χ2n) is 6.15. The van der Waals surface area contributed by atoms with Crippen LogP contribution in [0.5, 0.6) is 0 Å². The molecule has 1 aliphatic heterocycles. The molecule has 2 aromatic rings. The van der Waals surface area contributed by atoms with Crippen molar-refractivity contribution in [1.29, 1.82) is 0 Å². The van der Waals surface area contributed by atoms with Crippen LogP contribution in [-0.2, 0) is 22.6 Å². The molecule has 1 unspecified atom stereocenters. The minimum Gasteiger partial charge on any atom is -0.480 e. The summed E-state index contributed by atoms with van der Waals surface area (Å²) >= 11 is 0. The van der Waals surface area contributed by atoms with E-state index in [2.05, 4.69) is 0 Å². The van der Waals surface area contributed by atoms with E-state index in [1.165, 1.54) is 16.1 Å². The van der Waals surface area contributed by atoms with Crippen molar-refractivity contribution in [3.8, 4) is 0 Å². The Morgan fingerprint density at radius 3 is 2.54 bits per heavy atom. The number of hydrogen-bond acceptors (Lipinski definition) is 4. The van der Waals surface area contributed by atoms with E-state index in [1.807, 2.05) is 24.3 Å². The lowest BCUT2D eigenvalue weighted by molar-refractivity contribution is -0.146. The summed E-state index contributed by atoms with van der Waals surface area (Å²) in [5.74, 6) is -1.68. The highest BCUT2D eigenvalue weighted by Gasteiger charge is 2.38. The van der Waals surface area contributed by atoms with Gasteiger partial charge in [0.05, 0.1) is 6.26 Å². The second kappa shape index (κ2) is 7.43. The van der Waals surface area contributed by atoms with E-state index >= 15 is 0 Å². The summed E-state index contributed by atoms with van der Waals surface area (Å²) in [6.45, 7) is 1.86. The van der Waals surface area contributed by atoms with Crippen LogP contribution in [0.2, 0.25) is 0 Å². The van der Waals surface area contributed by atoms with Gasteiger partial charge < -0.3 is 19.3 Å². The molecule has 1 aromatic carbocycles. The van der Waals surface area contributed by atoms with Crippen molar-refractivity contribution < 1.29 is 23.9 Å². The van der Waals surface area contributed by atoms with Crippen molar-refractivity contribution in [2.45, 2.75) is 25.9 Å². The van der Waals surface area contributed by atoms with Crippen LogP contribution < -0.4 is 0 Å². The van der Waals surface area contributed by atoms with Crippen LogP contribution in [0.15, 0.2) is 47.1 Å². The van der Waals surface area contributed by atoms with Crippen LogP contribution >= 0.6 is 0 Å². The molecular formula is C19H20N2O5. The van der Waals surface area contributed by atoms with Crippen molar-refractivity contribution >= 4 is 17.8 Å². The highest BCUT2D eigenvalue weighted by molar-refractivity contribution is 5.96. The molecule has 7 heteroatoms. The molecule has 1 aromatic heterocycles. The fraction of sp³-hybridized carbons (Fsp3) is 0.316. The van der Waals surface area contributed by atoms with Crippen LogP contribution in [0.4, 0.5) is 0 Å². The standard InChI is InChI=1S/C19H20N2O5/c1-2-20(12-17(22)23)18(24)15-10-13-6-3-4-7-14(13)11-21(15)19(25)16-8-5-9-26-16/h3-9,15H,2,10-12H2,1H3,(H,22,23). The topological polar surface area (TPSA) is 91.1 Å². The van der Waals surface area contributed by atoms with Crippen molar-refractivity contribution in [3.05, 3.63) is 59.5 Å². The molecule has 1 N–H and O–H groups in total. The zero-order chi connectivity index (χ0) is 18.7. The third-order valence-electron chi connectivity index (χ3n) is 4.55.